The molecule has 0 aliphatic heterocycles. The van der Waals surface area contributed by atoms with Gasteiger partial charge in [0.1, 0.15) is 5.82 Å². The number of aromatic nitrogens is 3. The zero-order valence-corrected chi connectivity index (χ0v) is 15.9. The lowest BCUT2D eigenvalue weighted by Crippen LogP contribution is -2.25. The van der Waals surface area contributed by atoms with Crippen LogP contribution in [0.3, 0.4) is 0 Å². The Bertz CT molecular complexity index is 808. The minimum absolute atomic E-state index is 0.103. The fraction of sp³-hybridized carbons (Fsp3) is 0.444. The molecule has 2 aromatic rings. The Kier molecular flexibility index (Phi) is 5.31. The van der Waals surface area contributed by atoms with Crippen molar-refractivity contribution >= 4 is 29.3 Å². The molecular formula is C18H23N5O2S. The number of carbonyl (C=O) groups is 2. The lowest BCUT2D eigenvalue weighted by Gasteiger charge is -2.12. The monoisotopic (exact) mass is 373 g/mol. The Balaban J connectivity index is 1.53. The van der Waals surface area contributed by atoms with Crippen molar-refractivity contribution in [3.05, 3.63) is 35.7 Å². The summed E-state index contributed by atoms with van der Waals surface area (Å²) in [7, 11) is 0. The van der Waals surface area contributed by atoms with Crippen molar-refractivity contribution in [1.82, 2.24) is 20.5 Å². The maximum atomic E-state index is 12.2. The number of nitrogens with one attached hydrogen (secondary N) is 3. The smallest absolute Gasteiger partial charge is 0.251 e. The Morgan fingerprint density at radius 1 is 1.31 bits per heavy atom. The molecule has 7 nitrogen and oxygen atoms in total. The van der Waals surface area contributed by atoms with E-state index in [-0.39, 0.29) is 23.0 Å². The normalized spacial score (nSPS) is 14.1. The predicted octanol–water partition coefficient (Wildman–Crippen LogP) is 2.73. The molecule has 3 rings (SSSR count). The van der Waals surface area contributed by atoms with Crippen molar-refractivity contribution in [2.45, 2.75) is 50.2 Å². The first-order valence-corrected chi connectivity index (χ1v) is 9.56. The molecule has 1 aromatic heterocycles. The Labute approximate surface area is 156 Å². The molecule has 1 heterocycles. The SMILES string of the molecule is CC(C)(C)c1nc(SCC(=O)Nc2cccc(C(=O)NC3CC3)c2)n[nH]1. The van der Waals surface area contributed by atoms with E-state index in [4.69, 9.17) is 0 Å². The lowest BCUT2D eigenvalue weighted by molar-refractivity contribution is -0.113. The molecule has 1 fully saturated rings. The van der Waals surface area contributed by atoms with Crippen LogP contribution in [0.4, 0.5) is 5.69 Å². The predicted molar refractivity (Wildman–Crippen MR) is 101 cm³/mol. The third-order valence-electron chi connectivity index (χ3n) is 3.83. The van der Waals surface area contributed by atoms with Crippen LogP contribution in [0, 0.1) is 0 Å². The van der Waals surface area contributed by atoms with Gasteiger partial charge >= 0.3 is 0 Å². The first kappa shape index (κ1) is 18.4. The molecule has 0 saturated heterocycles. The van der Waals surface area contributed by atoms with Gasteiger partial charge in [-0.15, -0.1) is 5.10 Å². The quantitative estimate of drug-likeness (QED) is 0.676. The van der Waals surface area contributed by atoms with Gasteiger partial charge in [0, 0.05) is 22.7 Å². The number of carbonyl (C=O) groups excluding carboxylic acids is 2. The van der Waals surface area contributed by atoms with E-state index in [2.05, 4.69) is 25.8 Å². The molecule has 0 atom stereocenters. The highest BCUT2D eigenvalue weighted by atomic mass is 32.2. The second-order valence-electron chi connectivity index (χ2n) is 7.38. The van der Waals surface area contributed by atoms with E-state index in [0.717, 1.165) is 18.7 Å². The third-order valence-corrected chi connectivity index (χ3v) is 4.68. The molecule has 0 bridgehead atoms. The largest absolute Gasteiger partial charge is 0.349 e. The number of hydrogen-bond acceptors (Lipinski definition) is 5. The van der Waals surface area contributed by atoms with Crippen molar-refractivity contribution in [3.8, 4) is 0 Å². The van der Waals surface area contributed by atoms with Crippen LogP contribution in [0.25, 0.3) is 0 Å². The number of H-pyrrole nitrogens is 1. The van der Waals surface area contributed by atoms with Crippen molar-refractivity contribution in [1.29, 1.82) is 0 Å². The van der Waals surface area contributed by atoms with Crippen molar-refractivity contribution in [2.75, 3.05) is 11.1 Å². The fourth-order valence-electron chi connectivity index (χ4n) is 2.21. The second kappa shape index (κ2) is 7.49. The summed E-state index contributed by atoms with van der Waals surface area (Å²) in [6.45, 7) is 6.13. The average molecular weight is 373 g/mol. The minimum atomic E-state index is -0.170. The van der Waals surface area contributed by atoms with Gasteiger partial charge in [-0.2, -0.15) is 0 Å². The van der Waals surface area contributed by atoms with Crippen LogP contribution in [0.15, 0.2) is 29.4 Å². The van der Waals surface area contributed by atoms with Gasteiger partial charge in [0.2, 0.25) is 11.1 Å². The summed E-state index contributed by atoms with van der Waals surface area (Å²) in [6, 6.07) is 7.25. The van der Waals surface area contributed by atoms with E-state index in [1.54, 1.807) is 24.3 Å². The summed E-state index contributed by atoms with van der Waals surface area (Å²) in [4.78, 5) is 28.6. The van der Waals surface area contributed by atoms with Crippen molar-refractivity contribution < 1.29 is 9.59 Å². The summed E-state index contributed by atoms with van der Waals surface area (Å²) in [5.74, 6) is 0.708. The molecule has 1 aromatic carbocycles. The number of thioether (sulfide) groups is 1. The molecule has 0 radical (unpaired) electrons. The summed E-state index contributed by atoms with van der Waals surface area (Å²) < 4.78 is 0. The molecule has 1 aliphatic carbocycles. The molecule has 8 heteroatoms. The van der Waals surface area contributed by atoms with E-state index in [1.165, 1.54) is 11.8 Å². The summed E-state index contributed by atoms with van der Waals surface area (Å²) >= 11 is 1.27. The van der Waals surface area contributed by atoms with Crippen LogP contribution < -0.4 is 10.6 Å². The number of nitrogens with zero attached hydrogens (tertiary/aromatic N) is 2. The van der Waals surface area contributed by atoms with Crippen LogP contribution in [0.5, 0.6) is 0 Å². The van der Waals surface area contributed by atoms with Crippen LogP contribution >= 0.6 is 11.8 Å². The van der Waals surface area contributed by atoms with E-state index in [1.807, 2.05) is 20.8 Å². The first-order chi connectivity index (χ1) is 12.3. The number of benzene rings is 1. The number of amides is 2. The van der Waals surface area contributed by atoms with Gasteiger partial charge in [-0.1, -0.05) is 38.6 Å². The Morgan fingerprint density at radius 2 is 2.08 bits per heavy atom. The highest BCUT2D eigenvalue weighted by Crippen LogP contribution is 2.22. The van der Waals surface area contributed by atoms with Crippen LogP contribution in [0.2, 0.25) is 0 Å². The first-order valence-electron chi connectivity index (χ1n) is 8.58. The number of hydrogen-bond donors (Lipinski definition) is 3. The maximum Gasteiger partial charge on any atom is 0.251 e. The van der Waals surface area contributed by atoms with E-state index >= 15 is 0 Å². The fourth-order valence-corrected chi connectivity index (χ4v) is 2.81. The third kappa shape index (κ3) is 5.08. The average Bonchev–Trinajstić information content (AvgIpc) is 3.25. The van der Waals surface area contributed by atoms with Crippen LogP contribution in [-0.4, -0.2) is 38.8 Å². The van der Waals surface area contributed by atoms with Gasteiger partial charge in [-0.25, -0.2) is 4.98 Å². The second-order valence-corrected chi connectivity index (χ2v) is 8.32. The zero-order valence-electron chi connectivity index (χ0n) is 15.1. The number of anilines is 1. The highest BCUT2D eigenvalue weighted by Gasteiger charge is 2.24. The molecule has 1 aliphatic rings. The Morgan fingerprint density at radius 3 is 2.73 bits per heavy atom. The molecule has 0 spiro atoms. The molecule has 3 N–H and O–H groups in total. The summed E-state index contributed by atoms with van der Waals surface area (Å²) in [6.07, 6.45) is 2.08. The lowest BCUT2D eigenvalue weighted by atomic mass is 9.96. The maximum absolute atomic E-state index is 12.2. The zero-order chi connectivity index (χ0) is 18.7. The van der Waals surface area contributed by atoms with Gasteiger partial charge in [0.25, 0.3) is 5.91 Å². The molecule has 2 amide bonds. The van der Waals surface area contributed by atoms with Gasteiger partial charge < -0.3 is 10.6 Å². The molecule has 1 saturated carbocycles. The standard InChI is InChI=1S/C18H23N5O2S/c1-18(2,3)16-21-17(23-22-16)26-10-14(24)19-13-6-4-5-11(9-13)15(25)20-12-7-8-12/h4-6,9,12H,7-8,10H2,1-3H3,(H,19,24)(H,20,25)(H,21,22,23). The highest BCUT2D eigenvalue weighted by molar-refractivity contribution is 7.99. The summed E-state index contributed by atoms with van der Waals surface area (Å²) in [5.41, 5.74) is 1.03. The van der Waals surface area contributed by atoms with Crippen molar-refractivity contribution in [2.24, 2.45) is 0 Å². The molecule has 0 unspecified atom stereocenters. The summed E-state index contributed by atoms with van der Waals surface area (Å²) in [5, 5.41) is 13.3. The Hall–Kier alpha value is -2.35. The van der Waals surface area contributed by atoms with Gasteiger partial charge in [0.15, 0.2) is 0 Å². The minimum Gasteiger partial charge on any atom is -0.349 e. The van der Waals surface area contributed by atoms with E-state index in [0.29, 0.717) is 22.4 Å². The van der Waals surface area contributed by atoms with Gasteiger partial charge in [-0.3, -0.25) is 14.7 Å². The molecule has 26 heavy (non-hydrogen) atoms. The molecule has 138 valence electrons. The van der Waals surface area contributed by atoms with E-state index < -0.39 is 0 Å². The van der Waals surface area contributed by atoms with Gasteiger partial charge in [-0.05, 0) is 31.0 Å². The number of rotatable bonds is 6. The van der Waals surface area contributed by atoms with Gasteiger partial charge in [0.05, 0.1) is 5.75 Å². The number of aromatic amines is 1. The topological polar surface area (TPSA) is 99.8 Å². The molecular weight excluding hydrogens is 350 g/mol. The van der Waals surface area contributed by atoms with Crippen LogP contribution in [-0.2, 0) is 10.2 Å². The van der Waals surface area contributed by atoms with Crippen LogP contribution in [0.1, 0.15) is 49.8 Å². The van der Waals surface area contributed by atoms with E-state index in [9.17, 15) is 9.59 Å². The van der Waals surface area contributed by atoms with Crippen molar-refractivity contribution in [3.63, 3.8) is 0 Å².